The Hall–Kier alpha value is -0.450. The van der Waals surface area contributed by atoms with E-state index in [1.54, 1.807) is 0 Å². The molecule has 0 radical (unpaired) electrons. The highest BCUT2D eigenvalue weighted by Crippen LogP contribution is 2.34. The van der Waals surface area contributed by atoms with Crippen molar-refractivity contribution in [2.45, 2.75) is 56.6 Å². The van der Waals surface area contributed by atoms with Crippen molar-refractivity contribution in [1.29, 1.82) is 0 Å². The topological polar surface area (TPSA) is 34.2 Å². The molecule has 20 heavy (non-hydrogen) atoms. The Kier molecular flexibility index (Phi) is 6.00. The molecule has 3 nitrogen and oxygen atoms in total. The molecule has 1 aromatic heterocycles. The third-order valence-electron chi connectivity index (χ3n) is 4.54. The van der Waals surface area contributed by atoms with Gasteiger partial charge >= 0.3 is 0 Å². The molecule has 1 atom stereocenters. The summed E-state index contributed by atoms with van der Waals surface area (Å²) in [4.78, 5) is 4.51. The summed E-state index contributed by atoms with van der Waals surface area (Å²) >= 11 is 3.44. The van der Waals surface area contributed by atoms with Crippen LogP contribution < -0.4 is 5.32 Å². The molecular weight excluding hydrogens is 316 g/mol. The summed E-state index contributed by atoms with van der Waals surface area (Å²) in [6, 6.07) is 4.47. The molecule has 2 rings (SSSR count). The Balaban J connectivity index is 2.13. The first kappa shape index (κ1) is 15.9. The van der Waals surface area contributed by atoms with Crippen LogP contribution in [0.1, 0.15) is 44.2 Å². The third kappa shape index (κ3) is 3.80. The summed E-state index contributed by atoms with van der Waals surface area (Å²) in [6.45, 7) is 0. The third-order valence-corrected chi connectivity index (χ3v) is 5.01. The number of halogens is 1. The van der Waals surface area contributed by atoms with Crippen molar-refractivity contribution in [3.63, 3.8) is 0 Å². The normalized spacial score (nSPS) is 20.4. The molecule has 1 aliphatic rings. The van der Waals surface area contributed by atoms with Gasteiger partial charge in [-0.25, -0.2) is 0 Å². The van der Waals surface area contributed by atoms with Gasteiger partial charge in [0.2, 0.25) is 0 Å². The van der Waals surface area contributed by atoms with Crippen LogP contribution in [0.4, 0.5) is 0 Å². The first-order chi connectivity index (χ1) is 9.70. The van der Waals surface area contributed by atoms with E-state index < -0.39 is 0 Å². The minimum absolute atomic E-state index is 0.0417. The van der Waals surface area contributed by atoms with E-state index in [4.69, 9.17) is 4.74 Å². The average molecular weight is 341 g/mol. The molecule has 1 aromatic rings. The van der Waals surface area contributed by atoms with Crippen LogP contribution in [0.2, 0.25) is 0 Å². The van der Waals surface area contributed by atoms with E-state index in [0.29, 0.717) is 6.04 Å². The minimum atomic E-state index is -0.0417. The number of methoxy groups -OCH3 is 1. The molecule has 112 valence electrons. The van der Waals surface area contributed by atoms with Gasteiger partial charge in [-0.05, 0) is 48.0 Å². The van der Waals surface area contributed by atoms with Gasteiger partial charge in [0.1, 0.15) is 0 Å². The fourth-order valence-corrected chi connectivity index (χ4v) is 3.54. The van der Waals surface area contributed by atoms with Crippen LogP contribution in [0, 0.1) is 0 Å². The number of likely N-dealkylation sites (N-methyl/N-ethyl adjacent to an activating group) is 1. The number of rotatable bonds is 5. The largest absolute Gasteiger partial charge is 0.377 e. The molecule has 1 N–H and O–H groups in total. The molecule has 0 saturated heterocycles. The summed E-state index contributed by atoms with van der Waals surface area (Å²) in [5.41, 5.74) is 1.08. The number of nitrogens with one attached hydrogen (secondary N) is 1. The van der Waals surface area contributed by atoms with Crippen LogP contribution in [-0.2, 0) is 11.2 Å². The average Bonchev–Trinajstić information content (AvgIpc) is 2.73. The highest BCUT2D eigenvalue weighted by atomic mass is 79.9. The molecule has 1 heterocycles. The number of hydrogen-bond acceptors (Lipinski definition) is 3. The van der Waals surface area contributed by atoms with Crippen LogP contribution in [0.3, 0.4) is 0 Å². The van der Waals surface area contributed by atoms with E-state index in [-0.39, 0.29) is 5.60 Å². The number of hydrogen-bond donors (Lipinski definition) is 1. The zero-order valence-corrected chi connectivity index (χ0v) is 14.1. The Morgan fingerprint density at radius 1 is 1.30 bits per heavy atom. The van der Waals surface area contributed by atoms with E-state index in [0.717, 1.165) is 29.4 Å². The van der Waals surface area contributed by atoms with Crippen LogP contribution in [-0.4, -0.2) is 30.8 Å². The van der Waals surface area contributed by atoms with Crippen molar-refractivity contribution in [2.75, 3.05) is 14.2 Å². The zero-order chi connectivity index (χ0) is 14.4. The van der Waals surface area contributed by atoms with Crippen molar-refractivity contribution in [3.8, 4) is 0 Å². The molecule has 1 unspecified atom stereocenters. The lowest BCUT2D eigenvalue weighted by Crippen LogP contribution is -2.52. The van der Waals surface area contributed by atoms with E-state index in [1.807, 2.05) is 20.4 Å². The van der Waals surface area contributed by atoms with Crippen LogP contribution >= 0.6 is 15.9 Å². The summed E-state index contributed by atoms with van der Waals surface area (Å²) in [6.07, 6.45) is 10.3. The molecular formula is C16H25BrN2O. The van der Waals surface area contributed by atoms with E-state index in [2.05, 4.69) is 38.4 Å². The van der Waals surface area contributed by atoms with Crippen LogP contribution in [0.5, 0.6) is 0 Å². The second-order valence-corrected chi connectivity index (χ2v) is 6.61. The second-order valence-electron chi connectivity index (χ2n) is 5.70. The zero-order valence-electron chi connectivity index (χ0n) is 12.5. The van der Waals surface area contributed by atoms with Gasteiger partial charge in [-0.1, -0.05) is 25.7 Å². The second kappa shape index (κ2) is 7.53. The van der Waals surface area contributed by atoms with Crippen molar-refractivity contribution in [1.82, 2.24) is 10.3 Å². The Morgan fingerprint density at radius 3 is 2.50 bits per heavy atom. The van der Waals surface area contributed by atoms with E-state index in [9.17, 15) is 0 Å². The van der Waals surface area contributed by atoms with Crippen molar-refractivity contribution >= 4 is 15.9 Å². The van der Waals surface area contributed by atoms with Crippen molar-refractivity contribution in [2.24, 2.45) is 0 Å². The maximum Gasteiger partial charge on any atom is 0.0834 e. The number of pyridine rings is 1. The minimum Gasteiger partial charge on any atom is -0.377 e. The van der Waals surface area contributed by atoms with Gasteiger partial charge in [0, 0.05) is 35.9 Å². The fraction of sp³-hybridized carbons (Fsp3) is 0.688. The lowest BCUT2D eigenvalue weighted by Gasteiger charge is -2.39. The Labute approximate surface area is 130 Å². The lowest BCUT2D eigenvalue weighted by molar-refractivity contribution is -0.0511. The molecule has 1 aliphatic carbocycles. The van der Waals surface area contributed by atoms with Gasteiger partial charge in [0.25, 0.3) is 0 Å². The van der Waals surface area contributed by atoms with Crippen LogP contribution in [0.25, 0.3) is 0 Å². The lowest BCUT2D eigenvalue weighted by atomic mass is 9.83. The highest BCUT2D eigenvalue weighted by Gasteiger charge is 2.38. The molecule has 1 fully saturated rings. The first-order valence-electron chi connectivity index (χ1n) is 7.53. The van der Waals surface area contributed by atoms with E-state index in [1.165, 1.54) is 25.7 Å². The molecule has 0 aromatic carbocycles. The standard InChI is InChI=1S/C16H25BrN2O/c1-18-15(11-14-8-7-13(17)12-19-14)16(20-2)9-5-3-4-6-10-16/h7-8,12,15,18H,3-6,9-11H2,1-2H3. The van der Waals surface area contributed by atoms with Crippen LogP contribution in [0.15, 0.2) is 22.8 Å². The smallest absolute Gasteiger partial charge is 0.0834 e. The maximum absolute atomic E-state index is 6.01. The molecule has 0 amide bonds. The summed E-state index contributed by atoms with van der Waals surface area (Å²) < 4.78 is 7.03. The number of nitrogens with zero attached hydrogens (tertiary/aromatic N) is 1. The van der Waals surface area contributed by atoms with Gasteiger partial charge in [0.05, 0.1) is 5.60 Å². The predicted molar refractivity (Wildman–Crippen MR) is 85.9 cm³/mol. The summed E-state index contributed by atoms with van der Waals surface area (Å²) in [5.74, 6) is 0. The first-order valence-corrected chi connectivity index (χ1v) is 8.32. The van der Waals surface area contributed by atoms with E-state index >= 15 is 0 Å². The molecule has 4 heteroatoms. The maximum atomic E-state index is 6.01. The monoisotopic (exact) mass is 340 g/mol. The number of aromatic nitrogens is 1. The molecule has 1 saturated carbocycles. The van der Waals surface area contributed by atoms with Gasteiger partial charge in [0.15, 0.2) is 0 Å². The quantitative estimate of drug-likeness (QED) is 0.829. The summed E-state index contributed by atoms with van der Waals surface area (Å²) in [7, 11) is 3.90. The fourth-order valence-electron chi connectivity index (χ4n) is 3.31. The summed E-state index contributed by atoms with van der Waals surface area (Å²) in [5, 5.41) is 3.48. The Bertz CT molecular complexity index is 399. The Morgan fingerprint density at radius 2 is 2.00 bits per heavy atom. The van der Waals surface area contributed by atoms with Crippen molar-refractivity contribution in [3.05, 3.63) is 28.5 Å². The van der Waals surface area contributed by atoms with Gasteiger partial charge < -0.3 is 10.1 Å². The molecule has 0 bridgehead atoms. The highest BCUT2D eigenvalue weighted by molar-refractivity contribution is 9.10. The van der Waals surface area contributed by atoms with Crippen molar-refractivity contribution < 1.29 is 4.74 Å². The molecule has 0 aliphatic heterocycles. The predicted octanol–water partition coefficient (Wildman–Crippen LogP) is 3.71. The number of ether oxygens (including phenoxy) is 1. The van der Waals surface area contributed by atoms with Gasteiger partial charge in [-0.3, -0.25) is 4.98 Å². The molecule has 0 spiro atoms. The SMILES string of the molecule is CNC(Cc1ccc(Br)cn1)C1(OC)CCCCCC1. The van der Waals surface area contributed by atoms with Gasteiger partial charge in [-0.15, -0.1) is 0 Å². The van der Waals surface area contributed by atoms with Gasteiger partial charge in [-0.2, -0.15) is 0 Å².